The van der Waals surface area contributed by atoms with Gasteiger partial charge in [-0.25, -0.2) is 14.8 Å². The summed E-state index contributed by atoms with van der Waals surface area (Å²) >= 11 is 0. The highest BCUT2D eigenvalue weighted by Crippen LogP contribution is 2.20. The number of fused-ring (bicyclic) bond motifs is 1. The Kier molecular flexibility index (Phi) is 4.57. The zero-order valence-corrected chi connectivity index (χ0v) is 15.8. The van der Waals surface area contributed by atoms with Crippen LogP contribution < -0.4 is 0 Å². The molecule has 2 aromatic heterocycles. The average molecular weight is 374 g/mol. The summed E-state index contributed by atoms with van der Waals surface area (Å²) < 4.78 is 10.5. The van der Waals surface area contributed by atoms with Crippen molar-refractivity contribution in [2.75, 3.05) is 0 Å². The molecule has 2 heterocycles. The minimum Gasteiger partial charge on any atom is -0.452 e. The van der Waals surface area contributed by atoms with Gasteiger partial charge in [-0.05, 0) is 44.5 Å². The van der Waals surface area contributed by atoms with E-state index in [2.05, 4.69) is 20.1 Å². The molecule has 0 aliphatic carbocycles. The number of carbonyl (C=O) groups is 1. The van der Waals surface area contributed by atoms with E-state index in [1.165, 1.54) is 0 Å². The topological polar surface area (TPSA) is 91.0 Å². The first-order valence-electron chi connectivity index (χ1n) is 8.82. The van der Waals surface area contributed by atoms with Crippen LogP contribution in [-0.2, 0) is 11.3 Å². The van der Waals surface area contributed by atoms with Crippen molar-refractivity contribution in [3.05, 3.63) is 70.9 Å². The number of benzene rings is 2. The minimum absolute atomic E-state index is 0.103. The number of nitrogens with zero attached hydrogens (tertiary/aromatic N) is 4. The molecule has 0 N–H and O–H groups in total. The first-order valence-corrected chi connectivity index (χ1v) is 8.82. The Hall–Kier alpha value is -3.61. The molecule has 140 valence electrons. The first-order chi connectivity index (χ1) is 13.5. The first kappa shape index (κ1) is 17.8. The van der Waals surface area contributed by atoms with Gasteiger partial charge in [-0.1, -0.05) is 29.4 Å². The van der Waals surface area contributed by atoms with Gasteiger partial charge in [0.05, 0.1) is 28.0 Å². The third-order valence-electron chi connectivity index (χ3n) is 4.49. The molecule has 4 aromatic rings. The van der Waals surface area contributed by atoms with Crippen LogP contribution in [0.5, 0.6) is 0 Å². The Morgan fingerprint density at radius 3 is 2.50 bits per heavy atom. The second kappa shape index (κ2) is 7.19. The lowest BCUT2D eigenvalue weighted by molar-refractivity contribution is 0.0430. The molecule has 0 saturated carbocycles. The van der Waals surface area contributed by atoms with Crippen LogP contribution in [0.25, 0.3) is 22.4 Å². The van der Waals surface area contributed by atoms with Crippen LogP contribution in [0.1, 0.15) is 33.2 Å². The molecule has 0 atom stereocenters. The number of carbonyl (C=O) groups excluding carboxylic acids is 1. The third-order valence-corrected chi connectivity index (χ3v) is 4.49. The highest BCUT2D eigenvalue weighted by Gasteiger charge is 2.14. The van der Waals surface area contributed by atoms with Gasteiger partial charge in [0, 0.05) is 5.56 Å². The summed E-state index contributed by atoms with van der Waals surface area (Å²) in [7, 11) is 0. The molecule has 0 bridgehead atoms. The summed E-state index contributed by atoms with van der Waals surface area (Å²) in [5.74, 6) is 0.215. The van der Waals surface area contributed by atoms with Crippen molar-refractivity contribution in [2.45, 2.75) is 27.4 Å². The van der Waals surface area contributed by atoms with E-state index in [1.807, 2.05) is 45.0 Å². The number of aryl methyl sites for hydroxylation is 3. The van der Waals surface area contributed by atoms with Gasteiger partial charge >= 0.3 is 5.97 Å². The molecule has 0 aliphatic rings. The Bertz CT molecular complexity index is 1180. The zero-order valence-electron chi connectivity index (χ0n) is 15.8. The van der Waals surface area contributed by atoms with E-state index >= 15 is 0 Å². The number of aromatic nitrogens is 4. The molecule has 2 aromatic carbocycles. The van der Waals surface area contributed by atoms with E-state index in [4.69, 9.17) is 9.26 Å². The molecule has 0 spiro atoms. The van der Waals surface area contributed by atoms with Gasteiger partial charge < -0.3 is 9.26 Å². The fraction of sp³-hybridized carbons (Fsp3) is 0.190. The van der Waals surface area contributed by atoms with Crippen molar-refractivity contribution >= 4 is 17.0 Å². The molecule has 0 saturated heterocycles. The van der Waals surface area contributed by atoms with Crippen molar-refractivity contribution in [3.63, 3.8) is 0 Å². The second-order valence-electron chi connectivity index (χ2n) is 6.50. The fourth-order valence-corrected chi connectivity index (χ4v) is 2.81. The summed E-state index contributed by atoms with van der Waals surface area (Å²) in [5, 5.41) is 3.96. The summed E-state index contributed by atoms with van der Waals surface area (Å²) in [6.45, 7) is 5.65. The van der Waals surface area contributed by atoms with Crippen LogP contribution in [0.3, 0.4) is 0 Å². The van der Waals surface area contributed by atoms with Crippen LogP contribution in [0, 0.1) is 20.8 Å². The van der Waals surface area contributed by atoms with Crippen molar-refractivity contribution in [2.24, 2.45) is 0 Å². The minimum atomic E-state index is -0.488. The van der Waals surface area contributed by atoms with Crippen LogP contribution in [0.15, 0.2) is 47.0 Å². The van der Waals surface area contributed by atoms with Crippen molar-refractivity contribution < 1.29 is 14.1 Å². The Balaban J connectivity index is 1.48. The molecule has 7 heteroatoms. The van der Waals surface area contributed by atoms with Crippen molar-refractivity contribution in [3.8, 4) is 11.4 Å². The van der Waals surface area contributed by atoms with Gasteiger partial charge in [-0.2, -0.15) is 4.98 Å². The Morgan fingerprint density at radius 1 is 0.964 bits per heavy atom. The summed E-state index contributed by atoms with van der Waals surface area (Å²) in [4.78, 5) is 25.6. The van der Waals surface area contributed by atoms with E-state index in [0.29, 0.717) is 16.9 Å². The quantitative estimate of drug-likeness (QED) is 0.499. The third kappa shape index (κ3) is 3.46. The van der Waals surface area contributed by atoms with E-state index in [1.54, 1.807) is 18.2 Å². The molecule has 4 rings (SSSR count). The molecule has 0 fully saturated rings. The zero-order chi connectivity index (χ0) is 19.7. The predicted molar refractivity (Wildman–Crippen MR) is 103 cm³/mol. The van der Waals surface area contributed by atoms with Crippen LogP contribution in [-0.4, -0.2) is 26.1 Å². The lowest BCUT2D eigenvalue weighted by atomic mass is 10.1. The summed E-state index contributed by atoms with van der Waals surface area (Å²) in [5.41, 5.74) is 5.38. The highest BCUT2D eigenvalue weighted by molar-refractivity contribution is 5.93. The molecule has 0 unspecified atom stereocenters. The molecule has 0 radical (unpaired) electrons. The number of ether oxygens (including phenoxy) is 1. The molecule has 28 heavy (non-hydrogen) atoms. The second-order valence-corrected chi connectivity index (χ2v) is 6.50. The van der Waals surface area contributed by atoms with Gasteiger partial charge in [0.1, 0.15) is 0 Å². The summed E-state index contributed by atoms with van der Waals surface area (Å²) in [6.07, 6.45) is 0. The van der Waals surface area contributed by atoms with Gasteiger partial charge in [0.2, 0.25) is 5.82 Å². The molecule has 7 nitrogen and oxygen atoms in total. The average Bonchev–Trinajstić information content (AvgIpc) is 3.16. The van der Waals surface area contributed by atoms with E-state index in [0.717, 1.165) is 28.0 Å². The smallest absolute Gasteiger partial charge is 0.338 e. The van der Waals surface area contributed by atoms with Gasteiger partial charge in [0.15, 0.2) is 6.61 Å². The maximum absolute atomic E-state index is 12.4. The lowest BCUT2D eigenvalue weighted by Crippen LogP contribution is -2.06. The van der Waals surface area contributed by atoms with E-state index in [9.17, 15) is 4.79 Å². The van der Waals surface area contributed by atoms with Gasteiger partial charge in [0.25, 0.3) is 5.89 Å². The standard InChI is InChI=1S/C21H18N4O3/c1-12-6-4-5-7-16(12)20-24-19(28-25-20)11-27-21(26)15-8-9-17-18(10-15)23-14(3)13(2)22-17/h4-10H,11H2,1-3H3. The molecular formula is C21H18N4O3. The van der Waals surface area contributed by atoms with Crippen LogP contribution in [0.2, 0.25) is 0 Å². The predicted octanol–water partition coefficient (Wildman–Crippen LogP) is 3.96. The van der Waals surface area contributed by atoms with Gasteiger partial charge in [-0.15, -0.1) is 0 Å². The number of esters is 1. The summed E-state index contributed by atoms with van der Waals surface area (Å²) in [6, 6.07) is 12.8. The SMILES string of the molecule is Cc1ccccc1-c1noc(COC(=O)c2ccc3nc(C)c(C)nc3c2)n1. The monoisotopic (exact) mass is 374 g/mol. The van der Waals surface area contributed by atoms with E-state index < -0.39 is 5.97 Å². The number of rotatable bonds is 4. The maximum atomic E-state index is 12.4. The van der Waals surface area contributed by atoms with Crippen LogP contribution >= 0.6 is 0 Å². The Morgan fingerprint density at radius 2 is 1.71 bits per heavy atom. The van der Waals surface area contributed by atoms with Crippen molar-refractivity contribution in [1.29, 1.82) is 0 Å². The fourth-order valence-electron chi connectivity index (χ4n) is 2.81. The molecular weight excluding hydrogens is 356 g/mol. The molecule has 0 aliphatic heterocycles. The number of hydrogen-bond acceptors (Lipinski definition) is 7. The Labute approximate surface area is 161 Å². The lowest BCUT2D eigenvalue weighted by Gasteiger charge is -2.05. The maximum Gasteiger partial charge on any atom is 0.338 e. The normalized spacial score (nSPS) is 11.0. The van der Waals surface area contributed by atoms with Crippen molar-refractivity contribution in [1.82, 2.24) is 20.1 Å². The largest absolute Gasteiger partial charge is 0.452 e. The molecule has 0 amide bonds. The highest BCUT2D eigenvalue weighted by atomic mass is 16.6. The number of hydrogen-bond donors (Lipinski definition) is 0. The van der Waals surface area contributed by atoms with Gasteiger partial charge in [-0.3, -0.25) is 0 Å². The van der Waals surface area contributed by atoms with E-state index in [-0.39, 0.29) is 12.5 Å². The van der Waals surface area contributed by atoms with Crippen LogP contribution in [0.4, 0.5) is 0 Å².